The van der Waals surface area contributed by atoms with Crippen LogP contribution in [0.4, 0.5) is 5.69 Å². The summed E-state index contributed by atoms with van der Waals surface area (Å²) in [7, 11) is -3.98. The Labute approximate surface area is 202 Å². The Hall–Kier alpha value is -2.19. The third kappa shape index (κ3) is 6.19. The molecule has 0 saturated heterocycles. The number of rotatable bonds is 8. The normalized spacial score (nSPS) is 11.2. The lowest BCUT2D eigenvalue weighted by molar-refractivity contribution is 0.0956. The molecule has 1 amide bonds. The molecule has 3 aromatic carbocycles. The molecule has 0 bridgehead atoms. The number of halogens is 2. The first-order valence-corrected chi connectivity index (χ1v) is 12.9. The number of carbonyl (C=O) groups excluding carboxylic acids is 1. The van der Waals surface area contributed by atoms with Crippen molar-refractivity contribution in [3.8, 4) is 0 Å². The molecule has 0 atom stereocenters. The van der Waals surface area contributed by atoms with Crippen LogP contribution >= 0.6 is 35.0 Å². The molecule has 0 aliphatic carbocycles. The number of carbonyl (C=O) groups is 1. The van der Waals surface area contributed by atoms with Gasteiger partial charge in [-0.1, -0.05) is 35.3 Å². The van der Waals surface area contributed by atoms with Gasteiger partial charge in [0.15, 0.2) is 0 Å². The molecule has 0 spiro atoms. The van der Waals surface area contributed by atoms with Crippen LogP contribution in [0.15, 0.2) is 70.5 Å². The molecule has 0 unspecified atom stereocenters. The number of thioether (sulfide) groups is 1. The van der Waals surface area contributed by atoms with Gasteiger partial charge in [0, 0.05) is 27.8 Å². The highest BCUT2D eigenvalue weighted by atomic mass is 35.5. The molecule has 0 aliphatic heterocycles. The van der Waals surface area contributed by atoms with Crippen molar-refractivity contribution in [3.63, 3.8) is 0 Å². The lowest BCUT2D eigenvalue weighted by Crippen LogP contribution is -2.26. The fraction of sp³-hybridized carbons (Fsp3) is 0.174. The average molecular weight is 509 g/mol. The van der Waals surface area contributed by atoms with Gasteiger partial charge in [0.2, 0.25) is 0 Å². The number of aryl methyl sites for hydroxylation is 1. The number of amides is 1. The van der Waals surface area contributed by atoms with Crippen LogP contribution in [-0.2, 0) is 10.0 Å². The maximum Gasteiger partial charge on any atom is 0.263 e. The zero-order valence-corrected chi connectivity index (χ0v) is 20.6. The fourth-order valence-electron chi connectivity index (χ4n) is 2.88. The van der Waals surface area contributed by atoms with Crippen LogP contribution in [0, 0.1) is 13.8 Å². The molecule has 0 fully saturated rings. The number of anilines is 1. The summed E-state index contributed by atoms with van der Waals surface area (Å²) in [4.78, 5) is 13.4. The molecule has 5 nitrogen and oxygen atoms in total. The van der Waals surface area contributed by atoms with Crippen LogP contribution in [0.2, 0.25) is 10.0 Å². The number of nitrogens with one attached hydrogen (secondary N) is 2. The first kappa shape index (κ1) is 24.5. The molecule has 0 heterocycles. The molecule has 2 N–H and O–H groups in total. The molecular weight excluding hydrogens is 487 g/mol. The van der Waals surface area contributed by atoms with Gasteiger partial charge in [-0.3, -0.25) is 9.52 Å². The second-order valence-corrected chi connectivity index (χ2v) is 10.7. The topological polar surface area (TPSA) is 75.3 Å². The summed E-state index contributed by atoms with van der Waals surface area (Å²) in [6.45, 7) is 4.15. The van der Waals surface area contributed by atoms with E-state index in [1.807, 2.05) is 44.2 Å². The van der Waals surface area contributed by atoms with Crippen LogP contribution in [0.5, 0.6) is 0 Å². The lowest BCUT2D eigenvalue weighted by atomic mass is 10.1. The smallest absolute Gasteiger partial charge is 0.263 e. The minimum Gasteiger partial charge on any atom is -0.351 e. The Morgan fingerprint density at radius 2 is 1.72 bits per heavy atom. The van der Waals surface area contributed by atoms with Crippen molar-refractivity contribution in [3.05, 3.63) is 87.4 Å². The van der Waals surface area contributed by atoms with Gasteiger partial charge in [-0.15, -0.1) is 11.8 Å². The van der Waals surface area contributed by atoms with E-state index in [-0.39, 0.29) is 21.4 Å². The molecule has 9 heteroatoms. The maximum absolute atomic E-state index is 13.0. The van der Waals surface area contributed by atoms with E-state index < -0.39 is 10.0 Å². The number of hydrogen-bond acceptors (Lipinski definition) is 4. The zero-order chi connectivity index (χ0) is 23.3. The zero-order valence-electron chi connectivity index (χ0n) is 17.5. The van der Waals surface area contributed by atoms with Crippen molar-refractivity contribution in [2.45, 2.75) is 23.6 Å². The lowest BCUT2D eigenvalue weighted by Gasteiger charge is -2.14. The molecule has 0 saturated carbocycles. The Morgan fingerprint density at radius 3 is 2.44 bits per heavy atom. The van der Waals surface area contributed by atoms with Crippen molar-refractivity contribution in [1.29, 1.82) is 0 Å². The number of benzene rings is 3. The summed E-state index contributed by atoms with van der Waals surface area (Å²) in [6.07, 6.45) is 0. The van der Waals surface area contributed by atoms with E-state index in [1.165, 1.54) is 18.2 Å². The average Bonchev–Trinajstić information content (AvgIpc) is 2.75. The summed E-state index contributed by atoms with van der Waals surface area (Å²) in [5, 5.41) is 3.51. The van der Waals surface area contributed by atoms with Crippen molar-refractivity contribution in [2.75, 3.05) is 17.0 Å². The molecule has 0 radical (unpaired) electrons. The Morgan fingerprint density at radius 1 is 1.00 bits per heavy atom. The van der Waals surface area contributed by atoms with E-state index in [9.17, 15) is 13.2 Å². The molecule has 168 valence electrons. The highest BCUT2D eigenvalue weighted by molar-refractivity contribution is 7.99. The van der Waals surface area contributed by atoms with Crippen LogP contribution in [0.3, 0.4) is 0 Å². The van der Waals surface area contributed by atoms with Gasteiger partial charge in [0.05, 0.1) is 10.7 Å². The van der Waals surface area contributed by atoms with E-state index in [0.29, 0.717) is 23.0 Å². The Bertz CT molecular complexity index is 1230. The van der Waals surface area contributed by atoms with E-state index in [4.69, 9.17) is 23.2 Å². The predicted octanol–water partition coefficient (Wildman–Crippen LogP) is 5.93. The molecule has 0 aromatic heterocycles. The summed E-state index contributed by atoms with van der Waals surface area (Å²) in [5.41, 5.74) is 2.46. The second-order valence-electron chi connectivity index (χ2n) is 7.06. The van der Waals surface area contributed by atoms with Gasteiger partial charge in [-0.2, -0.15) is 0 Å². The first-order valence-electron chi connectivity index (χ1n) is 9.72. The minimum atomic E-state index is -3.98. The summed E-state index contributed by atoms with van der Waals surface area (Å²) < 4.78 is 28.5. The van der Waals surface area contributed by atoms with E-state index in [2.05, 4.69) is 10.0 Å². The van der Waals surface area contributed by atoms with Crippen LogP contribution in [0.1, 0.15) is 21.5 Å². The van der Waals surface area contributed by atoms with E-state index in [1.54, 1.807) is 23.9 Å². The standard InChI is InChI=1S/C23H22Cl2N2O3S2/c1-15-4-3-5-21(16(15)2)27-32(29,30)22-14-17(6-11-20(22)25)23(28)26-12-13-31-19-9-7-18(24)8-10-19/h3-11,14,27H,12-13H2,1-2H3,(H,26,28). The molecule has 32 heavy (non-hydrogen) atoms. The highest BCUT2D eigenvalue weighted by Crippen LogP contribution is 2.27. The van der Waals surface area contributed by atoms with E-state index >= 15 is 0 Å². The minimum absolute atomic E-state index is 0.0395. The largest absolute Gasteiger partial charge is 0.351 e. The molecule has 0 aliphatic rings. The highest BCUT2D eigenvalue weighted by Gasteiger charge is 2.21. The molecule has 3 aromatic rings. The van der Waals surface area contributed by atoms with Gasteiger partial charge < -0.3 is 5.32 Å². The summed E-state index contributed by atoms with van der Waals surface area (Å²) in [5.74, 6) is 0.280. The molecular formula is C23H22Cl2N2O3S2. The summed E-state index contributed by atoms with van der Waals surface area (Å²) in [6, 6.07) is 17.0. The van der Waals surface area contributed by atoms with Crippen molar-refractivity contribution in [2.24, 2.45) is 0 Å². The fourth-order valence-corrected chi connectivity index (χ4v) is 5.42. The van der Waals surface area contributed by atoms with Gasteiger partial charge in [0.25, 0.3) is 15.9 Å². The number of sulfonamides is 1. The predicted molar refractivity (Wildman–Crippen MR) is 133 cm³/mol. The van der Waals surface area contributed by atoms with Gasteiger partial charge in [0.1, 0.15) is 4.90 Å². The van der Waals surface area contributed by atoms with Gasteiger partial charge in [-0.25, -0.2) is 8.42 Å². The van der Waals surface area contributed by atoms with Crippen molar-refractivity contribution >= 4 is 56.6 Å². The third-order valence-corrected chi connectivity index (χ3v) is 7.91. The van der Waals surface area contributed by atoms with Crippen LogP contribution in [0.25, 0.3) is 0 Å². The summed E-state index contributed by atoms with van der Waals surface area (Å²) >= 11 is 13.6. The van der Waals surface area contributed by atoms with Gasteiger partial charge in [-0.05, 0) is 73.5 Å². The third-order valence-electron chi connectivity index (χ3n) is 4.80. The maximum atomic E-state index is 13.0. The SMILES string of the molecule is Cc1cccc(NS(=O)(=O)c2cc(C(=O)NCCSc3ccc(Cl)cc3)ccc2Cl)c1C. The van der Waals surface area contributed by atoms with Crippen LogP contribution < -0.4 is 10.0 Å². The second kappa shape index (κ2) is 10.6. The van der Waals surface area contributed by atoms with Crippen molar-refractivity contribution in [1.82, 2.24) is 5.32 Å². The first-order chi connectivity index (χ1) is 15.2. The Kier molecular flexibility index (Phi) is 8.11. The van der Waals surface area contributed by atoms with Crippen molar-refractivity contribution < 1.29 is 13.2 Å². The van der Waals surface area contributed by atoms with Gasteiger partial charge >= 0.3 is 0 Å². The Balaban J connectivity index is 1.68. The van der Waals surface area contributed by atoms with E-state index in [0.717, 1.165) is 16.0 Å². The van der Waals surface area contributed by atoms with Crippen LogP contribution in [-0.4, -0.2) is 26.6 Å². The quantitative estimate of drug-likeness (QED) is 0.292. The molecule has 3 rings (SSSR count). The monoisotopic (exact) mass is 508 g/mol. The number of hydrogen-bond donors (Lipinski definition) is 2.